The number of hydrogen-bond acceptors (Lipinski definition) is 3. The minimum atomic E-state index is -0.972. The summed E-state index contributed by atoms with van der Waals surface area (Å²) in [5.74, 6) is -1.21. The molecule has 0 radical (unpaired) electrons. The highest BCUT2D eigenvalue weighted by Crippen LogP contribution is 2.28. The number of nitrogens with two attached hydrogens (primary N) is 1. The van der Waals surface area contributed by atoms with Crippen LogP contribution in [0.1, 0.15) is 58.3 Å². The number of rotatable bonds is 6. The van der Waals surface area contributed by atoms with Crippen molar-refractivity contribution in [2.45, 2.75) is 69.9 Å². The van der Waals surface area contributed by atoms with Crippen LogP contribution in [-0.4, -0.2) is 28.6 Å². The summed E-state index contributed by atoms with van der Waals surface area (Å²) < 4.78 is 0. The molecule has 1 fully saturated rings. The van der Waals surface area contributed by atoms with Gasteiger partial charge in [0.1, 0.15) is 6.04 Å². The van der Waals surface area contributed by atoms with Crippen LogP contribution in [0.4, 0.5) is 0 Å². The zero-order valence-electron chi connectivity index (χ0n) is 11.1. The van der Waals surface area contributed by atoms with Crippen molar-refractivity contribution in [1.82, 2.24) is 5.32 Å². The Balaban J connectivity index is 2.46. The van der Waals surface area contributed by atoms with Crippen molar-refractivity contribution in [2.75, 3.05) is 0 Å². The molecule has 0 bridgehead atoms. The van der Waals surface area contributed by atoms with E-state index >= 15 is 0 Å². The number of hydrogen-bond donors (Lipinski definition) is 3. The van der Waals surface area contributed by atoms with Gasteiger partial charge in [-0.2, -0.15) is 0 Å². The van der Waals surface area contributed by atoms with Gasteiger partial charge in [-0.25, -0.2) is 4.79 Å². The molecule has 1 atom stereocenters. The zero-order chi connectivity index (χ0) is 13.6. The predicted molar refractivity (Wildman–Crippen MR) is 69.1 cm³/mol. The van der Waals surface area contributed by atoms with E-state index in [1.165, 1.54) is 6.42 Å². The van der Waals surface area contributed by atoms with E-state index in [1.807, 2.05) is 6.92 Å². The van der Waals surface area contributed by atoms with Gasteiger partial charge in [0.05, 0.1) is 0 Å². The molecule has 1 amide bonds. The van der Waals surface area contributed by atoms with E-state index in [-0.39, 0.29) is 12.3 Å². The molecular weight excluding hydrogens is 232 g/mol. The van der Waals surface area contributed by atoms with Crippen molar-refractivity contribution >= 4 is 11.9 Å². The summed E-state index contributed by atoms with van der Waals surface area (Å²) in [7, 11) is 0. The van der Waals surface area contributed by atoms with Crippen molar-refractivity contribution in [2.24, 2.45) is 5.73 Å². The maximum atomic E-state index is 11.9. The van der Waals surface area contributed by atoms with E-state index < -0.39 is 17.6 Å². The first kappa shape index (κ1) is 15.0. The van der Waals surface area contributed by atoms with E-state index in [9.17, 15) is 9.59 Å². The normalized spacial score (nSPS) is 20.1. The van der Waals surface area contributed by atoms with Crippen LogP contribution in [0.5, 0.6) is 0 Å². The molecule has 0 saturated heterocycles. The van der Waals surface area contributed by atoms with Crippen LogP contribution in [0.15, 0.2) is 0 Å². The highest BCUT2D eigenvalue weighted by molar-refractivity contribution is 5.84. The SMILES string of the molecule is CCC[C@@H](NC(=O)CC1(N)CCCCC1)C(=O)O. The van der Waals surface area contributed by atoms with Crippen molar-refractivity contribution in [3.63, 3.8) is 0 Å². The third kappa shape index (κ3) is 4.64. The molecule has 0 aromatic carbocycles. The lowest BCUT2D eigenvalue weighted by Crippen LogP contribution is -2.49. The molecular formula is C13H24N2O3. The third-order valence-electron chi connectivity index (χ3n) is 3.57. The van der Waals surface area contributed by atoms with Crippen LogP contribution in [0.2, 0.25) is 0 Å². The van der Waals surface area contributed by atoms with Crippen LogP contribution in [0.25, 0.3) is 0 Å². The molecule has 1 saturated carbocycles. The molecule has 1 aliphatic carbocycles. The smallest absolute Gasteiger partial charge is 0.326 e. The summed E-state index contributed by atoms with van der Waals surface area (Å²) in [5, 5.41) is 11.5. The highest BCUT2D eigenvalue weighted by atomic mass is 16.4. The van der Waals surface area contributed by atoms with Gasteiger partial charge in [0.15, 0.2) is 0 Å². The molecule has 0 unspecified atom stereocenters. The number of carboxylic acid groups (broad SMARTS) is 1. The lowest BCUT2D eigenvalue weighted by molar-refractivity contribution is -0.142. The van der Waals surface area contributed by atoms with E-state index in [1.54, 1.807) is 0 Å². The summed E-state index contributed by atoms with van der Waals surface area (Å²) in [4.78, 5) is 22.8. The fraction of sp³-hybridized carbons (Fsp3) is 0.846. The largest absolute Gasteiger partial charge is 0.480 e. The Labute approximate surface area is 108 Å². The highest BCUT2D eigenvalue weighted by Gasteiger charge is 2.31. The van der Waals surface area contributed by atoms with Crippen molar-refractivity contribution in [1.29, 1.82) is 0 Å². The number of amides is 1. The third-order valence-corrected chi connectivity index (χ3v) is 3.57. The molecule has 0 aromatic heterocycles. The maximum Gasteiger partial charge on any atom is 0.326 e. The Bertz CT molecular complexity index is 299. The lowest BCUT2D eigenvalue weighted by Gasteiger charge is -2.33. The van der Waals surface area contributed by atoms with Gasteiger partial charge < -0.3 is 16.2 Å². The Morgan fingerprint density at radius 1 is 1.33 bits per heavy atom. The lowest BCUT2D eigenvalue weighted by atomic mass is 9.80. The first-order valence-electron chi connectivity index (χ1n) is 6.78. The molecule has 0 aromatic rings. The maximum absolute atomic E-state index is 11.9. The van der Waals surface area contributed by atoms with Gasteiger partial charge in [-0.3, -0.25) is 4.79 Å². The number of carboxylic acids is 1. The van der Waals surface area contributed by atoms with Gasteiger partial charge in [0, 0.05) is 12.0 Å². The fourth-order valence-electron chi connectivity index (χ4n) is 2.54. The van der Waals surface area contributed by atoms with Crippen molar-refractivity contribution in [3.05, 3.63) is 0 Å². The average Bonchev–Trinajstić information content (AvgIpc) is 2.28. The second-order valence-electron chi connectivity index (χ2n) is 5.35. The van der Waals surface area contributed by atoms with Gasteiger partial charge in [-0.15, -0.1) is 0 Å². The molecule has 5 heteroatoms. The van der Waals surface area contributed by atoms with E-state index in [0.717, 1.165) is 32.1 Å². The first-order valence-corrected chi connectivity index (χ1v) is 6.78. The Kier molecular flexibility index (Phi) is 5.59. The van der Waals surface area contributed by atoms with Crippen LogP contribution in [-0.2, 0) is 9.59 Å². The average molecular weight is 256 g/mol. The quantitative estimate of drug-likeness (QED) is 0.670. The van der Waals surface area contributed by atoms with Crippen LogP contribution in [0.3, 0.4) is 0 Å². The molecule has 0 spiro atoms. The molecule has 18 heavy (non-hydrogen) atoms. The summed E-state index contributed by atoms with van der Waals surface area (Å²) in [5.41, 5.74) is 5.74. The minimum Gasteiger partial charge on any atom is -0.480 e. The van der Waals surface area contributed by atoms with E-state index in [4.69, 9.17) is 10.8 Å². The topological polar surface area (TPSA) is 92.4 Å². The van der Waals surface area contributed by atoms with Gasteiger partial charge in [0.25, 0.3) is 0 Å². The van der Waals surface area contributed by atoms with Crippen LogP contribution >= 0.6 is 0 Å². The molecule has 1 aliphatic rings. The molecule has 104 valence electrons. The van der Waals surface area contributed by atoms with E-state index in [0.29, 0.717) is 6.42 Å². The van der Waals surface area contributed by atoms with Gasteiger partial charge in [-0.05, 0) is 19.3 Å². The van der Waals surface area contributed by atoms with Crippen molar-refractivity contribution < 1.29 is 14.7 Å². The zero-order valence-corrected chi connectivity index (χ0v) is 11.1. The van der Waals surface area contributed by atoms with Crippen LogP contribution in [0, 0.1) is 0 Å². The Morgan fingerprint density at radius 3 is 2.44 bits per heavy atom. The summed E-state index contributed by atoms with van der Waals surface area (Å²) >= 11 is 0. The number of aliphatic carboxylic acids is 1. The molecule has 0 aliphatic heterocycles. The fourth-order valence-corrected chi connectivity index (χ4v) is 2.54. The second kappa shape index (κ2) is 6.73. The summed E-state index contributed by atoms with van der Waals surface area (Å²) in [6.07, 6.45) is 6.42. The predicted octanol–water partition coefficient (Wildman–Crippen LogP) is 1.41. The van der Waals surface area contributed by atoms with Crippen LogP contribution < -0.4 is 11.1 Å². The second-order valence-corrected chi connectivity index (χ2v) is 5.35. The number of carbonyl (C=O) groups is 2. The molecule has 1 rings (SSSR count). The molecule has 4 N–H and O–H groups in total. The van der Waals surface area contributed by atoms with Crippen molar-refractivity contribution in [3.8, 4) is 0 Å². The first-order chi connectivity index (χ1) is 8.47. The summed E-state index contributed by atoms with van der Waals surface area (Å²) in [6, 6.07) is -0.783. The van der Waals surface area contributed by atoms with Gasteiger partial charge >= 0.3 is 5.97 Å². The Hall–Kier alpha value is -1.10. The minimum absolute atomic E-state index is 0.236. The van der Waals surface area contributed by atoms with E-state index in [2.05, 4.69) is 5.32 Å². The summed E-state index contributed by atoms with van der Waals surface area (Å²) in [6.45, 7) is 1.90. The van der Waals surface area contributed by atoms with Gasteiger partial charge in [-0.1, -0.05) is 32.6 Å². The molecule has 0 heterocycles. The van der Waals surface area contributed by atoms with Gasteiger partial charge in [0.2, 0.25) is 5.91 Å². The number of nitrogens with one attached hydrogen (secondary N) is 1. The molecule has 5 nitrogen and oxygen atoms in total. The monoisotopic (exact) mass is 256 g/mol. The standard InChI is InChI=1S/C13H24N2O3/c1-2-6-10(12(17)18)15-11(16)9-13(14)7-4-3-5-8-13/h10H,2-9,14H2,1H3,(H,15,16)(H,17,18)/t10-/m1/s1. The Morgan fingerprint density at radius 2 is 1.94 bits per heavy atom. The number of carbonyl (C=O) groups excluding carboxylic acids is 1.